The first kappa shape index (κ1) is 13.7. The molecule has 0 atom stereocenters. The molecule has 96 valence electrons. The van der Waals surface area contributed by atoms with Crippen LogP contribution in [0, 0.1) is 0 Å². The van der Waals surface area contributed by atoms with Crippen LogP contribution in [0.3, 0.4) is 0 Å². The van der Waals surface area contributed by atoms with E-state index < -0.39 is 0 Å². The van der Waals surface area contributed by atoms with Crippen LogP contribution in [-0.2, 0) is 13.2 Å². The van der Waals surface area contributed by atoms with Gasteiger partial charge in [-0.15, -0.1) is 11.3 Å². The van der Waals surface area contributed by atoms with Gasteiger partial charge < -0.3 is 10.1 Å². The number of para-hydroxylation sites is 1. The monoisotopic (exact) mass is 301 g/mol. The number of thiophene rings is 1. The van der Waals surface area contributed by atoms with Crippen molar-refractivity contribution in [2.24, 2.45) is 0 Å². The number of hydrogen-bond acceptors (Lipinski definition) is 3. The molecule has 0 saturated carbocycles. The second kappa shape index (κ2) is 6.43. The molecule has 0 fully saturated rings. The van der Waals surface area contributed by atoms with Crippen molar-refractivity contribution in [3.63, 3.8) is 0 Å². The Morgan fingerprint density at radius 3 is 2.72 bits per heavy atom. The van der Waals surface area contributed by atoms with Gasteiger partial charge in [-0.05, 0) is 25.2 Å². The van der Waals surface area contributed by atoms with E-state index in [1.165, 1.54) is 11.3 Å². The topological polar surface area (TPSA) is 21.3 Å². The molecule has 0 aliphatic carbocycles. The van der Waals surface area contributed by atoms with Crippen LogP contribution in [0.25, 0.3) is 0 Å². The zero-order valence-corrected chi connectivity index (χ0v) is 12.2. The van der Waals surface area contributed by atoms with Gasteiger partial charge in [0.2, 0.25) is 0 Å². The Morgan fingerprint density at radius 2 is 2.06 bits per heavy atom. The predicted molar refractivity (Wildman–Crippen MR) is 77.9 cm³/mol. The Balaban J connectivity index is 2.12. The predicted octanol–water partition coefficient (Wildman–Crippen LogP) is 4.35. The van der Waals surface area contributed by atoms with Crippen LogP contribution < -0.4 is 10.1 Å². The average molecular weight is 302 g/mol. The van der Waals surface area contributed by atoms with E-state index in [2.05, 4.69) is 5.32 Å². The second-order valence-corrected chi connectivity index (χ2v) is 5.96. The first-order valence-electron chi connectivity index (χ1n) is 5.49. The van der Waals surface area contributed by atoms with Gasteiger partial charge in [0.15, 0.2) is 0 Å². The van der Waals surface area contributed by atoms with Gasteiger partial charge in [0.05, 0.1) is 9.36 Å². The fraction of sp³-hybridized carbons (Fsp3) is 0.231. The standard InChI is InChI=1S/C13H13Cl2NOS/c1-16-7-9-3-2-4-11(14)13(9)17-8-10-5-6-12(15)18-10/h2-6,16H,7-8H2,1H3. The molecule has 5 heteroatoms. The lowest BCUT2D eigenvalue weighted by Gasteiger charge is -2.12. The molecule has 2 aromatic rings. The number of ether oxygens (including phenoxy) is 1. The molecule has 2 nitrogen and oxygen atoms in total. The normalized spacial score (nSPS) is 10.6. The number of rotatable bonds is 5. The van der Waals surface area contributed by atoms with E-state index >= 15 is 0 Å². The maximum absolute atomic E-state index is 6.16. The number of halogens is 2. The summed E-state index contributed by atoms with van der Waals surface area (Å²) in [7, 11) is 1.89. The summed E-state index contributed by atoms with van der Waals surface area (Å²) in [5.74, 6) is 0.734. The van der Waals surface area contributed by atoms with Crippen molar-refractivity contribution >= 4 is 34.5 Å². The Kier molecular flexibility index (Phi) is 4.89. The highest BCUT2D eigenvalue weighted by Gasteiger charge is 2.08. The lowest BCUT2D eigenvalue weighted by Crippen LogP contribution is -2.07. The van der Waals surface area contributed by atoms with Crippen molar-refractivity contribution in [1.82, 2.24) is 5.32 Å². The summed E-state index contributed by atoms with van der Waals surface area (Å²) in [5.41, 5.74) is 1.05. The summed E-state index contributed by atoms with van der Waals surface area (Å²) in [4.78, 5) is 1.08. The maximum atomic E-state index is 6.16. The fourth-order valence-corrected chi connectivity index (χ4v) is 2.87. The number of benzene rings is 1. The largest absolute Gasteiger partial charge is 0.486 e. The highest BCUT2D eigenvalue weighted by atomic mass is 35.5. The molecule has 0 radical (unpaired) electrons. The molecule has 0 saturated heterocycles. The highest BCUT2D eigenvalue weighted by Crippen LogP contribution is 2.30. The molecule has 0 bridgehead atoms. The smallest absolute Gasteiger partial charge is 0.142 e. The third kappa shape index (κ3) is 3.39. The molecular formula is C13H13Cl2NOS. The van der Waals surface area contributed by atoms with Crippen LogP contribution in [0.15, 0.2) is 30.3 Å². The molecule has 1 aromatic heterocycles. The van der Waals surface area contributed by atoms with E-state index in [-0.39, 0.29) is 0 Å². The van der Waals surface area contributed by atoms with Crippen molar-refractivity contribution in [1.29, 1.82) is 0 Å². The van der Waals surface area contributed by atoms with E-state index in [1.54, 1.807) is 0 Å². The van der Waals surface area contributed by atoms with Crippen molar-refractivity contribution in [2.75, 3.05) is 7.05 Å². The quantitative estimate of drug-likeness (QED) is 0.886. The summed E-state index contributed by atoms with van der Waals surface area (Å²) >= 11 is 13.6. The second-order valence-electron chi connectivity index (χ2n) is 3.75. The molecule has 0 aliphatic heterocycles. The summed E-state index contributed by atoms with van der Waals surface area (Å²) in [6, 6.07) is 9.58. The van der Waals surface area contributed by atoms with E-state index in [0.717, 1.165) is 27.1 Å². The van der Waals surface area contributed by atoms with Crippen molar-refractivity contribution in [3.05, 3.63) is 50.1 Å². The summed E-state index contributed by atoms with van der Waals surface area (Å²) in [6.45, 7) is 1.21. The Morgan fingerprint density at radius 1 is 1.22 bits per heavy atom. The van der Waals surface area contributed by atoms with Gasteiger partial charge in [-0.2, -0.15) is 0 Å². The van der Waals surface area contributed by atoms with Crippen LogP contribution in [0.5, 0.6) is 5.75 Å². The van der Waals surface area contributed by atoms with Crippen LogP contribution in [0.1, 0.15) is 10.4 Å². The molecule has 1 heterocycles. The van der Waals surface area contributed by atoms with Gasteiger partial charge in [0.25, 0.3) is 0 Å². The van der Waals surface area contributed by atoms with E-state index in [1.807, 2.05) is 37.4 Å². The third-order valence-electron chi connectivity index (χ3n) is 2.40. The number of nitrogens with one attached hydrogen (secondary N) is 1. The van der Waals surface area contributed by atoms with Crippen molar-refractivity contribution in [3.8, 4) is 5.75 Å². The average Bonchev–Trinajstić information content (AvgIpc) is 2.75. The number of hydrogen-bond donors (Lipinski definition) is 1. The zero-order valence-electron chi connectivity index (χ0n) is 9.87. The Bertz CT molecular complexity index is 527. The summed E-state index contributed by atoms with van der Waals surface area (Å²) in [5, 5.41) is 3.73. The van der Waals surface area contributed by atoms with Gasteiger partial charge in [0.1, 0.15) is 12.4 Å². The van der Waals surface area contributed by atoms with Gasteiger partial charge in [-0.1, -0.05) is 35.3 Å². The molecule has 0 unspecified atom stereocenters. The first-order valence-corrected chi connectivity index (χ1v) is 7.07. The van der Waals surface area contributed by atoms with Gasteiger partial charge in [-0.3, -0.25) is 0 Å². The van der Waals surface area contributed by atoms with E-state index in [0.29, 0.717) is 11.6 Å². The minimum Gasteiger partial charge on any atom is -0.486 e. The highest BCUT2D eigenvalue weighted by molar-refractivity contribution is 7.16. The summed E-state index contributed by atoms with van der Waals surface area (Å²) < 4.78 is 6.57. The zero-order chi connectivity index (χ0) is 13.0. The molecule has 18 heavy (non-hydrogen) atoms. The van der Waals surface area contributed by atoms with Crippen LogP contribution in [-0.4, -0.2) is 7.05 Å². The SMILES string of the molecule is CNCc1cccc(Cl)c1OCc1ccc(Cl)s1. The first-order chi connectivity index (χ1) is 8.70. The molecule has 1 aromatic carbocycles. The van der Waals surface area contributed by atoms with E-state index in [9.17, 15) is 0 Å². The lowest BCUT2D eigenvalue weighted by atomic mass is 10.2. The molecular weight excluding hydrogens is 289 g/mol. The molecule has 0 aliphatic rings. The molecule has 0 spiro atoms. The van der Waals surface area contributed by atoms with Gasteiger partial charge in [-0.25, -0.2) is 0 Å². The van der Waals surface area contributed by atoms with Gasteiger partial charge >= 0.3 is 0 Å². The minimum atomic E-state index is 0.484. The third-order valence-corrected chi connectivity index (χ3v) is 3.91. The molecule has 2 rings (SSSR count). The lowest BCUT2D eigenvalue weighted by molar-refractivity contribution is 0.306. The van der Waals surface area contributed by atoms with Crippen LogP contribution in [0.2, 0.25) is 9.36 Å². The fourth-order valence-electron chi connectivity index (χ4n) is 1.62. The minimum absolute atomic E-state index is 0.484. The van der Waals surface area contributed by atoms with Crippen LogP contribution in [0.4, 0.5) is 0 Å². The summed E-state index contributed by atoms with van der Waals surface area (Å²) in [6.07, 6.45) is 0. The van der Waals surface area contributed by atoms with Gasteiger partial charge in [0, 0.05) is 17.0 Å². The molecule has 1 N–H and O–H groups in total. The maximum Gasteiger partial charge on any atom is 0.142 e. The van der Waals surface area contributed by atoms with Crippen molar-refractivity contribution in [2.45, 2.75) is 13.2 Å². The Hall–Kier alpha value is -0.740. The van der Waals surface area contributed by atoms with Crippen LogP contribution >= 0.6 is 34.5 Å². The molecule has 0 amide bonds. The van der Waals surface area contributed by atoms with Crippen molar-refractivity contribution < 1.29 is 4.74 Å². The Labute approximate surface area is 120 Å². The van der Waals surface area contributed by atoms with E-state index in [4.69, 9.17) is 27.9 Å².